The molecule has 0 spiro atoms. The number of hydrogen-bond donors (Lipinski definition) is 1. The molecule has 0 saturated carbocycles. The number of thiol groups is 1. The smallest absolute Gasteiger partial charge is 0.308 e. The highest BCUT2D eigenvalue weighted by molar-refractivity contribution is 7.89. The Labute approximate surface area is 110 Å². The Balaban J connectivity index is 3.05. The summed E-state index contributed by atoms with van der Waals surface area (Å²) in [5.41, 5.74) is 0.252. The van der Waals surface area contributed by atoms with E-state index in [2.05, 4.69) is 12.6 Å². The third-order valence-corrected chi connectivity index (χ3v) is 5.44. The lowest BCUT2D eigenvalue weighted by Gasteiger charge is -2.22. The van der Waals surface area contributed by atoms with Gasteiger partial charge in [-0.3, -0.25) is 4.57 Å². The van der Waals surface area contributed by atoms with Gasteiger partial charge in [0.15, 0.2) is 11.6 Å². The lowest BCUT2D eigenvalue weighted by molar-refractivity contribution is 0.218. The minimum atomic E-state index is -3.49. The van der Waals surface area contributed by atoms with E-state index < -0.39 is 24.2 Å². The summed E-state index contributed by atoms with van der Waals surface area (Å²) < 4.78 is 48.5. The van der Waals surface area contributed by atoms with Crippen LogP contribution >= 0.6 is 20.2 Å². The van der Waals surface area contributed by atoms with Crippen LogP contribution < -0.4 is 0 Å². The average Bonchev–Trinajstić information content (AvgIpc) is 2.32. The summed E-state index contributed by atoms with van der Waals surface area (Å²) in [6.07, 6.45) is 0. The number of halogens is 2. The van der Waals surface area contributed by atoms with Crippen molar-refractivity contribution in [1.82, 2.24) is 0 Å². The maximum absolute atomic E-state index is 13.1. The molecule has 0 bridgehead atoms. The molecule has 0 aliphatic carbocycles. The van der Waals surface area contributed by atoms with Gasteiger partial charge in [-0.1, -0.05) is 6.07 Å². The molecule has 18 heavy (non-hydrogen) atoms. The first-order chi connectivity index (χ1) is 8.44. The molecule has 0 heterocycles. The standard InChI is InChI=1S/C11H15F2O3PS/c1-3-15-17(14,16-4-2)11(18)8-5-6-9(12)10(13)7-8/h5-7,11,18H,3-4H2,1-2H3. The van der Waals surface area contributed by atoms with Crippen molar-refractivity contribution in [3.05, 3.63) is 35.4 Å². The zero-order valence-corrected chi connectivity index (χ0v) is 11.9. The van der Waals surface area contributed by atoms with Gasteiger partial charge in [0.2, 0.25) is 0 Å². The fraction of sp³-hybridized carbons (Fsp3) is 0.455. The molecule has 1 rings (SSSR count). The van der Waals surface area contributed by atoms with Crippen molar-refractivity contribution >= 4 is 20.2 Å². The largest absolute Gasteiger partial charge is 0.347 e. The number of benzene rings is 1. The quantitative estimate of drug-likeness (QED) is 0.632. The highest BCUT2D eigenvalue weighted by Crippen LogP contribution is 2.62. The van der Waals surface area contributed by atoms with Crippen LogP contribution in [0, 0.1) is 11.6 Å². The van der Waals surface area contributed by atoms with E-state index in [1.165, 1.54) is 6.07 Å². The summed E-state index contributed by atoms with van der Waals surface area (Å²) in [6.45, 7) is 3.69. The first kappa shape index (κ1) is 15.6. The summed E-state index contributed by atoms with van der Waals surface area (Å²) in [6, 6.07) is 3.20. The first-order valence-electron chi connectivity index (χ1n) is 5.46. The van der Waals surface area contributed by atoms with Gasteiger partial charge in [0.1, 0.15) is 4.99 Å². The summed E-state index contributed by atoms with van der Waals surface area (Å²) in [5, 5.41) is 0. The van der Waals surface area contributed by atoms with Crippen molar-refractivity contribution in [3.8, 4) is 0 Å². The molecule has 7 heteroatoms. The van der Waals surface area contributed by atoms with E-state index in [1.54, 1.807) is 13.8 Å². The lowest BCUT2D eigenvalue weighted by Crippen LogP contribution is -2.03. The van der Waals surface area contributed by atoms with Gasteiger partial charge in [-0.15, -0.1) is 0 Å². The molecule has 0 aromatic heterocycles. The zero-order valence-electron chi connectivity index (χ0n) is 10.1. The highest BCUT2D eigenvalue weighted by atomic mass is 32.1. The van der Waals surface area contributed by atoms with E-state index >= 15 is 0 Å². The fourth-order valence-electron chi connectivity index (χ4n) is 1.39. The van der Waals surface area contributed by atoms with E-state index in [9.17, 15) is 13.3 Å². The molecule has 0 amide bonds. The van der Waals surface area contributed by atoms with Gasteiger partial charge in [-0.25, -0.2) is 8.78 Å². The molecule has 3 nitrogen and oxygen atoms in total. The van der Waals surface area contributed by atoms with Crippen LogP contribution in [0.15, 0.2) is 18.2 Å². The molecule has 102 valence electrons. The summed E-state index contributed by atoms with van der Waals surface area (Å²) in [4.78, 5) is -0.951. The average molecular weight is 296 g/mol. The van der Waals surface area contributed by atoms with Crippen molar-refractivity contribution in [2.24, 2.45) is 0 Å². The monoisotopic (exact) mass is 296 g/mol. The second-order valence-corrected chi connectivity index (χ2v) is 6.46. The predicted octanol–water partition coefficient (Wildman–Crippen LogP) is 4.16. The molecular formula is C11H15F2O3PS. The van der Waals surface area contributed by atoms with Crippen LogP contribution in [0.4, 0.5) is 8.78 Å². The minimum absolute atomic E-state index is 0.179. The third-order valence-electron chi connectivity index (χ3n) is 2.16. The fourth-order valence-corrected chi connectivity index (χ4v) is 3.56. The Hall–Kier alpha value is -0.420. The van der Waals surface area contributed by atoms with Crippen LogP contribution in [0.3, 0.4) is 0 Å². The van der Waals surface area contributed by atoms with Crippen LogP contribution in [-0.4, -0.2) is 13.2 Å². The molecule has 0 fully saturated rings. The molecule has 0 aliphatic heterocycles. The van der Waals surface area contributed by atoms with E-state index in [4.69, 9.17) is 9.05 Å². The second-order valence-electron chi connectivity index (χ2n) is 3.42. The molecule has 1 atom stereocenters. The van der Waals surface area contributed by atoms with Gasteiger partial charge in [-0.05, 0) is 31.5 Å². The van der Waals surface area contributed by atoms with E-state index in [0.29, 0.717) is 0 Å². The summed E-state index contributed by atoms with van der Waals surface area (Å²) in [7, 11) is -3.49. The van der Waals surface area contributed by atoms with Gasteiger partial charge in [0.05, 0.1) is 13.2 Å². The molecule has 1 aromatic rings. The Bertz CT molecular complexity index is 446. The molecule has 0 N–H and O–H groups in total. The number of rotatable bonds is 6. The summed E-state index contributed by atoms with van der Waals surface area (Å²) in [5.74, 6) is -1.99. The maximum Gasteiger partial charge on any atom is 0.347 e. The highest BCUT2D eigenvalue weighted by Gasteiger charge is 2.34. The Kier molecular flexibility index (Phi) is 5.79. The number of hydrogen-bond acceptors (Lipinski definition) is 4. The van der Waals surface area contributed by atoms with Crippen molar-refractivity contribution in [2.75, 3.05) is 13.2 Å². The van der Waals surface area contributed by atoms with Gasteiger partial charge in [0.25, 0.3) is 0 Å². The Morgan fingerprint density at radius 2 is 1.78 bits per heavy atom. The molecule has 1 unspecified atom stereocenters. The third kappa shape index (κ3) is 3.54. The lowest BCUT2D eigenvalue weighted by atomic mass is 10.2. The zero-order chi connectivity index (χ0) is 13.8. The van der Waals surface area contributed by atoms with Crippen molar-refractivity contribution in [2.45, 2.75) is 18.8 Å². The molecule has 0 radical (unpaired) electrons. The van der Waals surface area contributed by atoms with Gasteiger partial charge < -0.3 is 9.05 Å². The maximum atomic E-state index is 13.1. The molecule has 0 aliphatic rings. The first-order valence-corrected chi connectivity index (χ1v) is 7.59. The van der Waals surface area contributed by atoms with Crippen LogP contribution in [0.25, 0.3) is 0 Å². The molecule has 0 saturated heterocycles. The van der Waals surface area contributed by atoms with Gasteiger partial charge >= 0.3 is 7.60 Å². The normalized spacial score (nSPS) is 13.6. The molecule has 1 aromatic carbocycles. The predicted molar refractivity (Wildman–Crippen MR) is 68.9 cm³/mol. The van der Waals surface area contributed by atoms with Crippen LogP contribution in [0.5, 0.6) is 0 Å². The van der Waals surface area contributed by atoms with Crippen LogP contribution in [-0.2, 0) is 13.6 Å². The Morgan fingerprint density at radius 3 is 2.22 bits per heavy atom. The van der Waals surface area contributed by atoms with Crippen LogP contribution in [0.2, 0.25) is 0 Å². The van der Waals surface area contributed by atoms with Crippen molar-refractivity contribution in [3.63, 3.8) is 0 Å². The Morgan fingerprint density at radius 1 is 1.22 bits per heavy atom. The van der Waals surface area contributed by atoms with Gasteiger partial charge in [-0.2, -0.15) is 12.6 Å². The summed E-state index contributed by atoms with van der Waals surface area (Å²) >= 11 is 4.15. The second kappa shape index (κ2) is 6.66. The minimum Gasteiger partial charge on any atom is -0.308 e. The SMILES string of the molecule is CCOP(=O)(OCC)C(S)c1ccc(F)c(F)c1. The van der Waals surface area contributed by atoms with E-state index in [1.807, 2.05) is 0 Å². The van der Waals surface area contributed by atoms with E-state index in [-0.39, 0.29) is 18.8 Å². The topological polar surface area (TPSA) is 35.5 Å². The van der Waals surface area contributed by atoms with Crippen molar-refractivity contribution in [1.29, 1.82) is 0 Å². The van der Waals surface area contributed by atoms with Crippen molar-refractivity contribution < 1.29 is 22.4 Å². The van der Waals surface area contributed by atoms with Gasteiger partial charge in [0, 0.05) is 0 Å². The molecular weight excluding hydrogens is 281 g/mol. The van der Waals surface area contributed by atoms with E-state index in [0.717, 1.165) is 12.1 Å². The van der Waals surface area contributed by atoms with Crippen LogP contribution in [0.1, 0.15) is 24.4 Å².